The molecule has 2 aliphatic rings. The average Bonchev–Trinajstić information content (AvgIpc) is 2.98. The van der Waals surface area contributed by atoms with Crippen molar-refractivity contribution < 1.29 is 19.2 Å². The van der Waals surface area contributed by atoms with Crippen LogP contribution in [0.25, 0.3) is 0 Å². The maximum atomic E-state index is 13.0. The SMILES string of the molecule is Cc1noc(C)c1C(=O)N1CC[C@H](N2CCN(C)CC2)[C@H](CCC(=O)O)C1. The maximum Gasteiger partial charge on any atom is 0.303 e. The molecule has 2 fully saturated rings. The molecule has 2 atom stereocenters. The van der Waals surface area contributed by atoms with E-state index in [1.54, 1.807) is 13.8 Å². The van der Waals surface area contributed by atoms with Gasteiger partial charge in [0.05, 0.1) is 5.69 Å². The van der Waals surface area contributed by atoms with Crippen LogP contribution in [0.15, 0.2) is 4.52 Å². The molecule has 27 heavy (non-hydrogen) atoms. The molecule has 0 unspecified atom stereocenters. The van der Waals surface area contributed by atoms with Crippen LogP contribution in [0.4, 0.5) is 0 Å². The second-order valence-electron chi connectivity index (χ2n) is 7.84. The topological polar surface area (TPSA) is 90.1 Å². The van der Waals surface area contributed by atoms with Gasteiger partial charge in [-0.15, -0.1) is 0 Å². The highest BCUT2D eigenvalue weighted by molar-refractivity contribution is 5.96. The number of likely N-dealkylation sites (tertiary alicyclic amines) is 1. The van der Waals surface area contributed by atoms with Crippen molar-refractivity contribution in [2.24, 2.45) is 5.92 Å². The lowest BCUT2D eigenvalue weighted by Gasteiger charge is -2.46. The fourth-order valence-electron chi connectivity index (χ4n) is 4.38. The molecule has 2 aliphatic heterocycles. The van der Waals surface area contributed by atoms with E-state index in [4.69, 9.17) is 9.63 Å². The molecule has 1 amide bonds. The van der Waals surface area contributed by atoms with Crippen molar-refractivity contribution in [3.05, 3.63) is 17.0 Å². The van der Waals surface area contributed by atoms with Crippen LogP contribution >= 0.6 is 0 Å². The van der Waals surface area contributed by atoms with Gasteiger partial charge in [0.2, 0.25) is 0 Å². The third kappa shape index (κ3) is 4.50. The first-order valence-corrected chi connectivity index (χ1v) is 9.73. The molecule has 0 bridgehead atoms. The quantitative estimate of drug-likeness (QED) is 0.824. The van der Waals surface area contributed by atoms with Gasteiger partial charge in [-0.05, 0) is 39.7 Å². The number of carboxylic acid groups (broad SMARTS) is 1. The van der Waals surface area contributed by atoms with Crippen LogP contribution in [-0.2, 0) is 4.79 Å². The summed E-state index contributed by atoms with van der Waals surface area (Å²) in [6.45, 7) is 8.88. The van der Waals surface area contributed by atoms with E-state index in [2.05, 4.69) is 22.0 Å². The number of amides is 1. The number of carboxylic acids is 1. The summed E-state index contributed by atoms with van der Waals surface area (Å²) in [7, 11) is 2.13. The smallest absolute Gasteiger partial charge is 0.303 e. The van der Waals surface area contributed by atoms with Crippen molar-refractivity contribution in [3.63, 3.8) is 0 Å². The molecule has 0 aromatic carbocycles. The molecule has 8 heteroatoms. The number of piperidine rings is 1. The van der Waals surface area contributed by atoms with Gasteiger partial charge in [0.15, 0.2) is 0 Å². The van der Waals surface area contributed by atoms with Gasteiger partial charge in [-0.1, -0.05) is 5.16 Å². The number of rotatable bonds is 5. The van der Waals surface area contributed by atoms with Crippen LogP contribution in [0.3, 0.4) is 0 Å². The minimum absolute atomic E-state index is 0.0524. The fourth-order valence-corrected chi connectivity index (χ4v) is 4.38. The first kappa shape index (κ1) is 19.8. The molecule has 0 radical (unpaired) electrons. The fraction of sp³-hybridized carbons (Fsp3) is 0.737. The monoisotopic (exact) mass is 378 g/mol. The summed E-state index contributed by atoms with van der Waals surface area (Å²) < 4.78 is 5.15. The number of piperazine rings is 1. The number of aryl methyl sites for hydroxylation is 2. The van der Waals surface area contributed by atoms with Gasteiger partial charge in [-0.2, -0.15) is 0 Å². The van der Waals surface area contributed by atoms with Crippen molar-refractivity contribution in [3.8, 4) is 0 Å². The predicted molar refractivity (Wildman–Crippen MR) is 99.7 cm³/mol. The van der Waals surface area contributed by atoms with Gasteiger partial charge in [0.25, 0.3) is 5.91 Å². The Balaban J connectivity index is 1.72. The number of likely N-dealkylation sites (N-methyl/N-ethyl adjacent to an activating group) is 1. The zero-order valence-electron chi connectivity index (χ0n) is 16.5. The third-order valence-electron chi connectivity index (χ3n) is 5.96. The van der Waals surface area contributed by atoms with Crippen LogP contribution in [0, 0.1) is 19.8 Å². The van der Waals surface area contributed by atoms with Crippen LogP contribution in [0.1, 0.15) is 41.1 Å². The molecule has 0 spiro atoms. The van der Waals surface area contributed by atoms with Gasteiger partial charge in [-0.25, -0.2) is 0 Å². The molecular weight excluding hydrogens is 348 g/mol. The Bertz CT molecular complexity index is 662. The number of carbonyl (C=O) groups is 2. The Morgan fingerprint density at radius 3 is 2.48 bits per heavy atom. The number of hydrogen-bond donors (Lipinski definition) is 1. The zero-order chi connectivity index (χ0) is 19.6. The highest BCUT2D eigenvalue weighted by Gasteiger charge is 2.37. The lowest BCUT2D eigenvalue weighted by atomic mass is 9.86. The number of carbonyl (C=O) groups excluding carboxylic acids is 1. The molecule has 8 nitrogen and oxygen atoms in total. The van der Waals surface area contributed by atoms with E-state index in [0.29, 0.717) is 42.6 Å². The van der Waals surface area contributed by atoms with Crippen molar-refractivity contribution in [1.82, 2.24) is 19.9 Å². The van der Waals surface area contributed by atoms with Gasteiger partial charge in [-0.3, -0.25) is 14.5 Å². The van der Waals surface area contributed by atoms with Gasteiger partial charge in [0, 0.05) is 51.7 Å². The van der Waals surface area contributed by atoms with E-state index < -0.39 is 5.97 Å². The summed E-state index contributed by atoms with van der Waals surface area (Å²) in [5, 5.41) is 13.0. The lowest BCUT2D eigenvalue weighted by molar-refractivity contribution is -0.137. The summed E-state index contributed by atoms with van der Waals surface area (Å²) in [4.78, 5) is 30.8. The van der Waals surface area contributed by atoms with Gasteiger partial charge >= 0.3 is 5.97 Å². The standard InChI is InChI=1S/C19H30N4O4/c1-13-18(14(2)27-20-13)19(26)23-7-6-16(15(12-23)4-5-17(24)25)22-10-8-21(3)9-11-22/h15-16H,4-12H2,1-3H3,(H,24,25)/t15-,16+/m1/s1. The Morgan fingerprint density at radius 1 is 1.19 bits per heavy atom. The van der Waals surface area contributed by atoms with Gasteiger partial charge in [0.1, 0.15) is 11.3 Å². The normalized spacial score (nSPS) is 24.9. The summed E-state index contributed by atoms with van der Waals surface area (Å²) in [5.74, 6) is -0.117. The van der Waals surface area contributed by atoms with Crippen LogP contribution < -0.4 is 0 Å². The van der Waals surface area contributed by atoms with Crippen molar-refractivity contribution >= 4 is 11.9 Å². The number of aliphatic carboxylic acids is 1. The van der Waals surface area contributed by atoms with Crippen molar-refractivity contribution in [2.45, 2.75) is 39.2 Å². The molecule has 1 aromatic rings. The first-order valence-electron chi connectivity index (χ1n) is 9.73. The third-order valence-corrected chi connectivity index (χ3v) is 5.96. The average molecular weight is 378 g/mol. The van der Waals surface area contributed by atoms with E-state index >= 15 is 0 Å². The first-order chi connectivity index (χ1) is 12.9. The lowest BCUT2D eigenvalue weighted by Crippen LogP contribution is -2.57. The number of aromatic nitrogens is 1. The highest BCUT2D eigenvalue weighted by atomic mass is 16.5. The molecule has 1 N–H and O–H groups in total. The predicted octanol–water partition coefficient (Wildman–Crippen LogP) is 1.23. The molecule has 3 rings (SSSR count). The highest BCUT2D eigenvalue weighted by Crippen LogP contribution is 2.29. The van der Waals surface area contributed by atoms with E-state index in [1.165, 1.54) is 0 Å². The molecule has 150 valence electrons. The molecule has 3 heterocycles. The Morgan fingerprint density at radius 2 is 1.89 bits per heavy atom. The molecule has 1 aromatic heterocycles. The molecule has 0 saturated carbocycles. The van der Waals surface area contributed by atoms with Crippen LogP contribution in [-0.4, -0.2) is 89.2 Å². The second-order valence-corrected chi connectivity index (χ2v) is 7.84. The van der Waals surface area contributed by atoms with Crippen LogP contribution in [0.5, 0.6) is 0 Å². The molecule has 0 aliphatic carbocycles. The Hall–Kier alpha value is -1.93. The second kappa shape index (κ2) is 8.39. The molecule has 2 saturated heterocycles. The van der Waals surface area contributed by atoms with E-state index in [-0.39, 0.29) is 18.2 Å². The minimum Gasteiger partial charge on any atom is -0.481 e. The minimum atomic E-state index is -0.777. The van der Waals surface area contributed by atoms with Gasteiger partial charge < -0.3 is 19.4 Å². The van der Waals surface area contributed by atoms with E-state index in [0.717, 1.165) is 32.6 Å². The molecular formula is C19H30N4O4. The maximum absolute atomic E-state index is 13.0. The summed E-state index contributed by atoms with van der Waals surface area (Å²) >= 11 is 0. The Labute approximate surface area is 160 Å². The summed E-state index contributed by atoms with van der Waals surface area (Å²) in [6.07, 6.45) is 1.61. The number of hydrogen-bond acceptors (Lipinski definition) is 6. The van der Waals surface area contributed by atoms with E-state index in [9.17, 15) is 9.59 Å². The number of nitrogens with zero attached hydrogens (tertiary/aromatic N) is 4. The Kier molecular flexibility index (Phi) is 6.16. The summed E-state index contributed by atoms with van der Waals surface area (Å²) in [5.41, 5.74) is 1.16. The van der Waals surface area contributed by atoms with Crippen LogP contribution in [0.2, 0.25) is 0 Å². The van der Waals surface area contributed by atoms with Crippen molar-refractivity contribution in [2.75, 3.05) is 46.3 Å². The summed E-state index contributed by atoms with van der Waals surface area (Å²) in [6, 6.07) is 0.340. The largest absolute Gasteiger partial charge is 0.481 e. The van der Waals surface area contributed by atoms with Crippen molar-refractivity contribution in [1.29, 1.82) is 0 Å². The zero-order valence-corrected chi connectivity index (χ0v) is 16.5. The van der Waals surface area contributed by atoms with E-state index in [1.807, 2.05) is 4.90 Å².